The van der Waals surface area contributed by atoms with E-state index in [1.807, 2.05) is 0 Å². The van der Waals surface area contributed by atoms with Gasteiger partial charge in [-0.3, -0.25) is 4.79 Å². The zero-order valence-corrected chi connectivity index (χ0v) is 12.8. The molecule has 2 aromatic carbocycles. The van der Waals surface area contributed by atoms with E-state index in [9.17, 15) is 13.6 Å². The molecule has 0 fully saturated rings. The monoisotopic (exact) mass is 324 g/mol. The van der Waals surface area contributed by atoms with Gasteiger partial charge in [-0.25, -0.2) is 8.78 Å². The van der Waals surface area contributed by atoms with E-state index in [2.05, 4.69) is 10.6 Å². The number of hydrogen-bond acceptors (Lipinski definition) is 2. The molecule has 1 amide bonds. The van der Waals surface area contributed by atoms with Crippen molar-refractivity contribution in [1.82, 2.24) is 0 Å². The first-order valence-electron chi connectivity index (χ1n) is 6.65. The van der Waals surface area contributed by atoms with E-state index in [0.717, 1.165) is 6.07 Å². The van der Waals surface area contributed by atoms with Crippen LogP contribution in [0.15, 0.2) is 36.4 Å². The molecule has 0 spiro atoms. The summed E-state index contributed by atoms with van der Waals surface area (Å²) in [7, 11) is 0. The fourth-order valence-corrected chi connectivity index (χ4v) is 2.04. The van der Waals surface area contributed by atoms with Crippen molar-refractivity contribution in [3.63, 3.8) is 0 Å². The standard InChI is InChI=1S/C16H15ClF2N2O/c1-9-3-5-12(8-14(9)19)20-10(2)16(22)21-15-6-4-11(18)7-13(15)17/h3-8,10,20H,1-2H3,(H,21,22)/t10-/m0/s1. The summed E-state index contributed by atoms with van der Waals surface area (Å²) < 4.78 is 26.4. The van der Waals surface area contributed by atoms with Gasteiger partial charge in [-0.15, -0.1) is 0 Å². The molecule has 2 aromatic rings. The second kappa shape index (κ2) is 6.75. The van der Waals surface area contributed by atoms with Gasteiger partial charge in [-0.05, 0) is 49.7 Å². The third kappa shape index (κ3) is 3.95. The highest BCUT2D eigenvalue weighted by atomic mass is 35.5. The van der Waals surface area contributed by atoms with Gasteiger partial charge in [-0.1, -0.05) is 17.7 Å². The molecular formula is C16H15ClF2N2O. The molecule has 0 unspecified atom stereocenters. The van der Waals surface area contributed by atoms with Crippen LogP contribution in [0.3, 0.4) is 0 Å². The van der Waals surface area contributed by atoms with Gasteiger partial charge >= 0.3 is 0 Å². The van der Waals surface area contributed by atoms with Crippen molar-refractivity contribution < 1.29 is 13.6 Å². The van der Waals surface area contributed by atoms with E-state index in [4.69, 9.17) is 11.6 Å². The van der Waals surface area contributed by atoms with Gasteiger partial charge in [0.15, 0.2) is 0 Å². The van der Waals surface area contributed by atoms with Crippen molar-refractivity contribution >= 4 is 28.9 Å². The first kappa shape index (κ1) is 16.2. The van der Waals surface area contributed by atoms with Crippen molar-refractivity contribution in [3.05, 3.63) is 58.6 Å². The molecular weight excluding hydrogens is 310 g/mol. The van der Waals surface area contributed by atoms with Crippen LogP contribution in [0.5, 0.6) is 0 Å². The van der Waals surface area contributed by atoms with Crippen molar-refractivity contribution in [2.75, 3.05) is 10.6 Å². The average Bonchev–Trinajstić information content (AvgIpc) is 2.45. The molecule has 3 nitrogen and oxygen atoms in total. The molecule has 0 aromatic heterocycles. The molecule has 0 saturated carbocycles. The smallest absolute Gasteiger partial charge is 0.246 e. The number of amides is 1. The van der Waals surface area contributed by atoms with Crippen molar-refractivity contribution in [1.29, 1.82) is 0 Å². The molecule has 116 valence electrons. The van der Waals surface area contributed by atoms with Gasteiger partial charge in [0.05, 0.1) is 10.7 Å². The quantitative estimate of drug-likeness (QED) is 0.877. The number of halogens is 3. The average molecular weight is 325 g/mol. The molecule has 2 N–H and O–H groups in total. The second-order valence-corrected chi connectivity index (χ2v) is 5.35. The zero-order valence-electron chi connectivity index (χ0n) is 12.1. The van der Waals surface area contributed by atoms with Gasteiger partial charge in [-0.2, -0.15) is 0 Å². The Morgan fingerprint density at radius 1 is 1.18 bits per heavy atom. The number of rotatable bonds is 4. The minimum absolute atomic E-state index is 0.113. The normalized spacial score (nSPS) is 11.9. The van der Waals surface area contributed by atoms with Crippen LogP contribution in [0.25, 0.3) is 0 Å². The van der Waals surface area contributed by atoms with Crippen LogP contribution in [0, 0.1) is 18.6 Å². The predicted octanol–water partition coefficient (Wildman–Crippen LogP) is 4.37. The highest BCUT2D eigenvalue weighted by Gasteiger charge is 2.15. The van der Waals surface area contributed by atoms with Gasteiger partial charge < -0.3 is 10.6 Å². The summed E-state index contributed by atoms with van der Waals surface area (Å²) in [6.45, 7) is 3.29. The molecule has 0 aliphatic rings. The molecule has 1 atom stereocenters. The van der Waals surface area contributed by atoms with Crippen LogP contribution in [0.4, 0.5) is 20.2 Å². The Bertz CT molecular complexity index is 707. The highest BCUT2D eigenvalue weighted by Crippen LogP contribution is 2.23. The summed E-state index contributed by atoms with van der Waals surface area (Å²) >= 11 is 5.85. The Morgan fingerprint density at radius 2 is 1.91 bits per heavy atom. The van der Waals surface area contributed by atoms with Crippen LogP contribution in [-0.2, 0) is 4.79 Å². The minimum atomic E-state index is -0.622. The number of nitrogens with one attached hydrogen (secondary N) is 2. The van der Waals surface area contributed by atoms with Gasteiger partial charge in [0, 0.05) is 5.69 Å². The number of carbonyl (C=O) groups is 1. The lowest BCUT2D eigenvalue weighted by atomic mass is 10.2. The SMILES string of the molecule is Cc1ccc(N[C@@H](C)C(=O)Nc2ccc(F)cc2Cl)cc1F. The maximum atomic E-state index is 13.5. The first-order valence-corrected chi connectivity index (χ1v) is 7.03. The number of aryl methyl sites for hydroxylation is 1. The molecule has 22 heavy (non-hydrogen) atoms. The highest BCUT2D eigenvalue weighted by molar-refractivity contribution is 6.33. The lowest BCUT2D eigenvalue weighted by Gasteiger charge is -2.16. The van der Waals surface area contributed by atoms with Gasteiger partial charge in [0.25, 0.3) is 0 Å². The fraction of sp³-hybridized carbons (Fsp3) is 0.188. The first-order chi connectivity index (χ1) is 10.4. The van der Waals surface area contributed by atoms with Gasteiger partial charge in [0.2, 0.25) is 5.91 Å². The van der Waals surface area contributed by atoms with E-state index < -0.39 is 11.9 Å². The van der Waals surface area contributed by atoms with E-state index >= 15 is 0 Å². The van der Waals surface area contributed by atoms with Crippen molar-refractivity contribution in [3.8, 4) is 0 Å². The third-order valence-electron chi connectivity index (χ3n) is 3.14. The topological polar surface area (TPSA) is 41.1 Å². The van der Waals surface area contributed by atoms with E-state index in [1.165, 1.54) is 18.2 Å². The summed E-state index contributed by atoms with van der Waals surface area (Å²) in [5.74, 6) is -1.20. The molecule has 0 aliphatic carbocycles. The van der Waals surface area contributed by atoms with E-state index in [0.29, 0.717) is 16.9 Å². The van der Waals surface area contributed by atoms with Crippen LogP contribution in [0.2, 0.25) is 5.02 Å². The summed E-state index contributed by atoms with van der Waals surface area (Å²) in [4.78, 5) is 12.1. The predicted molar refractivity (Wildman–Crippen MR) is 84.3 cm³/mol. The lowest BCUT2D eigenvalue weighted by Crippen LogP contribution is -2.32. The summed E-state index contributed by atoms with van der Waals surface area (Å²) in [5.41, 5.74) is 1.34. The van der Waals surface area contributed by atoms with E-state index in [1.54, 1.807) is 26.0 Å². The maximum Gasteiger partial charge on any atom is 0.246 e. The largest absolute Gasteiger partial charge is 0.374 e. The Morgan fingerprint density at radius 3 is 2.55 bits per heavy atom. The maximum absolute atomic E-state index is 13.5. The van der Waals surface area contributed by atoms with Crippen molar-refractivity contribution in [2.24, 2.45) is 0 Å². The van der Waals surface area contributed by atoms with E-state index in [-0.39, 0.29) is 16.7 Å². The summed E-state index contributed by atoms with van der Waals surface area (Å²) in [5, 5.41) is 5.59. The number of carbonyl (C=O) groups excluding carboxylic acids is 1. The second-order valence-electron chi connectivity index (χ2n) is 4.94. The molecule has 2 rings (SSSR count). The molecule has 6 heteroatoms. The molecule has 0 saturated heterocycles. The zero-order chi connectivity index (χ0) is 16.3. The van der Waals surface area contributed by atoms with Crippen LogP contribution in [-0.4, -0.2) is 11.9 Å². The third-order valence-corrected chi connectivity index (χ3v) is 3.45. The number of benzene rings is 2. The minimum Gasteiger partial charge on any atom is -0.374 e. The molecule has 0 bridgehead atoms. The fourth-order valence-electron chi connectivity index (χ4n) is 1.83. The Balaban J connectivity index is 2.04. The van der Waals surface area contributed by atoms with Crippen LogP contribution >= 0.6 is 11.6 Å². The Hall–Kier alpha value is -2.14. The Labute approximate surface area is 132 Å². The number of anilines is 2. The lowest BCUT2D eigenvalue weighted by molar-refractivity contribution is -0.116. The Kier molecular flexibility index (Phi) is 4.98. The van der Waals surface area contributed by atoms with Crippen LogP contribution < -0.4 is 10.6 Å². The molecule has 0 heterocycles. The molecule has 0 radical (unpaired) electrons. The van der Waals surface area contributed by atoms with Crippen molar-refractivity contribution in [2.45, 2.75) is 19.9 Å². The molecule has 0 aliphatic heterocycles. The number of hydrogen-bond donors (Lipinski definition) is 2. The van der Waals surface area contributed by atoms with Crippen LogP contribution in [0.1, 0.15) is 12.5 Å². The summed E-state index contributed by atoms with van der Waals surface area (Å²) in [6.07, 6.45) is 0. The summed E-state index contributed by atoms with van der Waals surface area (Å²) in [6, 6.07) is 7.71. The van der Waals surface area contributed by atoms with Gasteiger partial charge in [0.1, 0.15) is 17.7 Å².